The van der Waals surface area contributed by atoms with Gasteiger partial charge in [-0.2, -0.15) is 0 Å². The van der Waals surface area contributed by atoms with Gasteiger partial charge in [-0.3, -0.25) is 9.59 Å². The summed E-state index contributed by atoms with van der Waals surface area (Å²) in [6, 6.07) is -1.00. The Hall–Kier alpha value is -1.36. The Morgan fingerprint density at radius 3 is 2.69 bits per heavy atom. The smallest absolute Gasteiger partial charge is 0.320 e. The van der Waals surface area contributed by atoms with Crippen LogP contribution in [0.25, 0.3) is 0 Å². The van der Waals surface area contributed by atoms with E-state index in [1.54, 1.807) is 0 Å². The number of carbonyl (C=O) groups is 2. The summed E-state index contributed by atoms with van der Waals surface area (Å²) in [6.45, 7) is 3.50. The highest BCUT2D eigenvalue weighted by atomic mass is 16.5. The Morgan fingerprint density at radius 2 is 2.23 bits per heavy atom. The molecule has 0 saturated carbocycles. The summed E-state index contributed by atoms with van der Waals surface area (Å²) >= 11 is 0. The third kappa shape index (κ3) is 5.86. The normalized spacial score (nSPS) is 11.8. The van der Waals surface area contributed by atoms with Crippen LogP contribution in [0.4, 0.5) is 0 Å². The molecule has 0 bridgehead atoms. The Bertz CT molecular complexity index is 202. The zero-order valence-electron chi connectivity index (χ0n) is 7.23. The van der Waals surface area contributed by atoms with Gasteiger partial charge in [0.2, 0.25) is 0 Å². The van der Waals surface area contributed by atoms with Gasteiger partial charge in [-0.25, -0.2) is 0 Å². The van der Waals surface area contributed by atoms with E-state index in [4.69, 9.17) is 10.8 Å². The van der Waals surface area contributed by atoms with E-state index in [0.29, 0.717) is 0 Å². The molecule has 0 fully saturated rings. The molecule has 3 N–H and O–H groups in total. The van der Waals surface area contributed by atoms with E-state index in [-0.39, 0.29) is 19.4 Å². The van der Waals surface area contributed by atoms with E-state index in [2.05, 4.69) is 11.3 Å². The van der Waals surface area contributed by atoms with Crippen LogP contribution in [0.15, 0.2) is 12.7 Å². The summed E-state index contributed by atoms with van der Waals surface area (Å²) in [5.74, 6) is -1.58. The van der Waals surface area contributed by atoms with Crippen molar-refractivity contribution in [2.45, 2.75) is 18.9 Å². The van der Waals surface area contributed by atoms with Gasteiger partial charge in [0.1, 0.15) is 12.6 Å². The number of hydrogen-bond acceptors (Lipinski definition) is 4. The summed E-state index contributed by atoms with van der Waals surface area (Å²) in [6.07, 6.45) is 1.54. The number of carbonyl (C=O) groups excluding carboxylic acids is 1. The SMILES string of the molecule is C=CCOC(=O)CC[C@H](N)C(=O)O. The summed E-state index contributed by atoms with van der Waals surface area (Å²) in [4.78, 5) is 21.0. The second kappa shape index (κ2) is 6.19. The van der Waals surface area contributed by atoms with E-state index in [9.17, 15) is 9.59 Å². The molecule has 0 aliphatic carbocycles. The first-order valence-electron chi connectivity index (χ1n) is 3.82. The van der Waals surface area contributed by atoms with Gasteiger partial charge in [-0.15, -0.1) is 0 Å². The van der Waals surface area contributed by atoms with Gasteiger partial charge >= 0.3 is 11.9 Å². The van der Waals surface area contributed by atoms with Crippen molar-refractivity contribution in [3.63, 3.8) is 0 Å². The molecule has 0 amide bonds. The molecule has 0 rings (SSSR count). The molecule has 0 heterocycles. The highest BCUT2D eigenvalue weighted by Gasteiger charge is 2.13. The van der Waals surface area contributed by atoms with Gasteiger partial charge in [0.15, 0.2) is 0 Å². The van der Waals surface area contributed by atoms with Crippen LogP contribution in [0.2, 0.25) is 0 Å². The fraction of sp³-hybridized carbons (Fsp3) is 0.500. The number of esters is 1. The fourth-order valence-electron chi connectivity index (χ4n) is 0.621. The van der Waals surface area contributed by atoms with Gasteiger partial charge in [-0.1, -0.05) is 12.7 Å². The van der Waals surface area contributed by atoms with Crippen molar-refractivity contribution in [1.29, 1.82) is 0 Å². The lowest BCUT2D eigenvalue weighted by molar-refractivity contribution is -0.143. The fourth-order valence-corrected chi connectivity index (χ4v) is 0.621. The number of carboxylic acid groups (broad SMARTS) is 1. The molecule has 5 heteroatoms. The Morgan fingerprint density at radius 1 is 1.62 bits per heavy atom. The molecule has 5 nitrogen and oxygen atoms in total. The highest BCUT2D eigenvalue weighted by Crippen LogP contribution is 1.97. The lowest BCUT2D eigenvalue weighted by Crippen LogP contribution is -2.30. The molecule has 0 aliphatic rings. The molecule has 0 aromatic heterocycles. The van der Waals surface area contributed by atoms with Crippen LogP contribution in [-0.2, 0) is 14.3 Å². The monoisotopic (exact) mass is 187 g/mol. The predicted molar refractivity (Wildman–Crippen MR) is 46.0 cm³/mol. The predicted octanol–water partition coefficient (Wildman–Crippen LogP) is -0.0923. The van der Waals surface area contributed by atoms with Gasteiger partial charge in [-0.05, 0) is 6.42 Å². The molecule has 0 spiro atoms. The van der Waals surface area contributed by atoms with Crippen molar-refractivity contribution in [2.75, 3.05) is 6.61 Å². The summed E-state index contributed by atoms with van der Waals surface area (Å²) in [5.41, 5.74) is 5.17. The van der Waals surface area contributed by atoms with Crippen molar-refractivity contribution in [3.8, 4) is 0 Å². The van der Waals surface area contributed by atoms with Crippen LogP contribution in [0.1, 0.15) is 12.8 Å². The molecule has 13 heavy (non-hydrogen) atoms. The van der Waals surface area contributed by atoms with E-state index in [0.717, 1.165) is 0 Å². The molecule has 0 aromatic rings. The minimum atomic E-state index is -1.11. The van der Waals surface area contributed by atoms with E-state index in [1.165, 1.54) is 6.08 Å². The van der Waals surface area contributed by atoms with Crippen LogP contribution < -0.4 is 5.73 Å². The summed E-state index contributed by atoms with van der Waals surface area (Å²) in [5, 5.41) is 8.38. The molecule has 1 atom stereocenters. The first kappa shape index (κ1) is 11.6. The maximum atomic E-state index is 10.8. The van der Waals surface area contributed by atoms with E-state index < -0.39 is 18.0 Å². The van der Waals surface area contributed by atoms with Crippen LogP contribution in [0, 0.1) is 0 Å². The zero-order valence-corrected chi connectivity index (χ0v) is 7.23. The second-order valence-corrected chi connectivity index (χ2v) is 2.46. The maximum absolute atomic E-state index is 10.8. The number of hydrogen-bond donors (Lipinski definition) is 2. The molecule has 0 saturated heterocycles. The zero-order chi connectivity index (χ0) is 10.3. The topological polar surface area (TPSA) is 89.6 Å². The second-order valence-electron chi connectivity index (χ2n) is 2.46. The number of rotatable bonds is 6. The quantitative estimate of drug-likeness (QED) is 0.448. The number of nitrogens with two attached hydrogens (primary N) is 1. The minimum Gasteiger partial charge on any atom is -0.480 e. The molecule has 0 aromatic carbocycles. The standard InChI is InChI=1S/C8H13NO4/c1-2-5-13-7(10)4-3-6(9)8(11)12/h2,6H,1,3-5,9H2,(H,11,12)/t6-/m0/s1. The maximum Gasteiger partial charge on any atom is 0.320 e. The molecular formula is C8H13NO4. The Labute approximate surface area is 76.2 Å². The number of aliphatic carboxylic acids is 1. The van der Waals surface area contributed by atoms with Gasteiger partial charge in [0, 0.05) is 6.42 Å². The third-order valence-electron chi connectivity index (χ3n) is 1.34. The number of carboxylic acids is 1. The van der Waals surface area contributed by atoms with Gasteiger partial charge in [0.05, 0.1) is 0 Å². The molecule has 0 unspecified atom stereocenters. The Balaban J connectivity index is 3.57. The lowest BCUT2D eigenvalue weighted by atomic mass is 10.2. The lowest BCUT2D eigenvalue weighted by Gasteiger charge is -2.05. The average molecular weight is 187 g/mol. The van der Waals surface area contributed by atoms with Crippen LogP contribution >= 0.6 is 0 Å². The van der Waals surface area contributed by atoms with Gasteiger partial charge < -0.3 is 15.6 Å². The molecule has 0 radical (unpaired) electrons. The first-order chi connectivity index (χ1) is 6.07. The van der Waals surface area contributed by atoms with Crippen molar-refractivity contribution in [2.24, 2.45) is 5.73 Å². The molecule has 74 valence electrons. The van der Waals surface area contributed by atoms with Crippen molar-refractivity contribution in [1.82, 2.24) is 0 Å². The highest BCUT2D eigenvalue weighted by molar-refractivity contribution is 5.75. The molecular weight excluding hydrogens is 174 g/mol. The summed E-state index contributed by atoms with van der Waals surface area (Å²) in [7, 11) is 0. The van der Waals surface area contributed by atoms with Crippen molar-refractivity contribution in [3.05, 3.63) is 12.7 Å². The summed E-state index contributed by atoms with van der Waals surface area (Å²) < 4.78 is 4.62. The van der Waals surface area contributed by atoms with Crippen LogP contribution in [0.5, 0.6) is 0 Å². The first-order valence-corrected chi connectivity index (χ1v) is 3.82. The van der Waals surface area contributed by atoms with Crippen molar-refractivity contribution >= 4 is 11.9 Å². The Kier molecular flexibility index (Phi) is 5.54. The van der Waals surface area contributed by atoms with Crippen LogP contribution in [0.3, 0.4) is 0 Å². The van der Waals surface area contributed by atoms with Gasteiger partial charge in [0.25, 0.3) is 0 Å². The minimum absolute atomic E-state index is 0.0152. The largest absolute Gasteiger partial charge is 0.480 e. The van der Waals surface area contributed by atoms with Crippen LogP contribution in [-0.4, -0.2) is 29.7 Å². The third-order valence-corrected chi connectivity index (χ3v) is 1.34. The number of ether oxygens (including phenoxy) is 1. The molecule has 0 aliphatic heterocycles. The van der Waals surface area contributed by atoms with Crippen molar-refractivity contribution < 1.29 is 19.4 Å². The van der Waals surface area contributed by atoms with E-state index in [1.807, 2.05) is 0 Å². The average Bonchev–Trinajstić information content (AvgIpc) is 2.10. The van der Waals surface area contributed by atoms with E-state index >= 15 is 0 Å².